The van der Waals surface area contributed by atoms with Crippen LogP contribution in [0.1, 0.15) is 76.4 Å². The van der Waals surface area contributed by atoms with Crippen molar-refractivity contribution in [2.45, 2.75) is 70.4 Å². The molecule has 11 heteroatoms. The highest BCUT2D eigenvalue weighted by Gasteiger charge is 2.31. The number of nitrogen functional groups attached to an aromatic ring is 1. The number of Topliss-reactive ketones (excluding diaryl/α,β-unsaturated/α-hetero) is 1. The van der Waals surface area contributed by atoms with E-state index in [2.05, 4.69) is 15.1 Å². The molecule has 0 saturated heterocycles. The lowest BCUT2D eigenvalue weighted by atomic mass is 9.82. The molecular weight excluding hydrogens is 578 g/mol. The topological polar surface area (TPSA) is 148 Å². The quantitative estimate of drug-likeness (QED) is 0.189. The van der Waals surface area contributed by atoms with Crippen molar-refractivity contribution in [2.24, 2.45) is 11.7 Å². The summed E-state index contributed by atoms with van der Waals surface area (Å²) < 4.78 is 13.4. The van der Waals surface area contributed by atoms with E-state index in [9.17, 15) is 4.79 Å². The van der Waals surface area contributed by atoms with E-state index in [0.29, 0.717) is 23.6 Å². The number of carbonyl (C=O) groups is 1. The SMILES string of the molecule is CC(C)(C)c1cc([C@H](N)C(=O)CC2CCC(n3nc(-c4ccc(Oc5ccccc5)cc4)c4c(N)ncnc43)CC2)no1.Cl. The van der Waals surface area contributed by atoms with Crippen molar-refractivity contribution in [2.75, 3.05) is 5.73 Å². The average molecular weight is 616 g/mol. The Kier molecular flexibility index (Phi) is 9.03. The molecule has 1 aliphatic rings. The summed E-state index contributed by atoms with van der Waals surface area (Å²) >= 11 is 0. The Morgan fingerprint density at radius 1 is 1.02 bits per heavy atom. The zero-order valence-electron chi connectivity index (χ0n) is 25.1. The number of rotatable bonds is 8. The number of aromatic nitrogens is 5. The van der Waals surface area contributed by atoms with E-state index < -0.39 is 6.04 Å². The van der Waals surface area contributed by atoms with E-state index in [0.717, 1.165) is 59.6 Å². The zero-order chi connectivity index (χ0) is 30.1. The summed E-state index contributed by atoms with van der Waals surface area (Å²) in [4.78, 5) is 21.9. The van der Waals surface area contributed by atoms with Crippen molar-refractivity contribution in [3.05, 3.63) is 78.4 Å². The normalized spacial score (nSPS) is 17.6. The summed E-state index contributed by atoms with van der Waals surface area (Å²) in [5, 5.41) is 9.84. The lowest BCUT2D eigenvalue weighted by molar-refractivity contribution is -0.121. The van der Waals surface area contributed by atoms with E-state index in [-0.39, 0.29) is 35.6 Å². The number of hydrogen-bond acceptors (Lipinski definition) is 9. The minimum Gasteiger partial charge on any atom is -0.457 e. The van der Waals surface area contributed by atoms with Crippen LogP contribution >= 0.6 is 12.4 Å². The van der Waals surface area contributed by atoms with Gasteiger partial charge in [0.15, 0.2) is 11.4 Å². The van der Waals surface area contributed by atoms with Crippen molar-refractivity contribution < 1.29 is 14.1 Å². The summed E-state index contributed by atoms with van der Waals surface area (Å²) in [5.74, 6) is 2.86. The first kappa shape index (κ1) is 31.2. The Balaban J connectivity index is 0.00000384. The molecule has 1 saturated carbocycles. The number of nitrogens with zero attached hydrogens (tertiary/aromatic N) is 5. The van der Waals surface area contributed by atoms with Crippen molar-refractivity contribution in [3.63, 3.8) is 0 Å². The van der Waals surface area contributed by atoms with Gasteiger partial charge in [-0.2, -0.15) is 5.10 Å². The van der Waals surface area contributed by atoms with Gasteiger partial charge >= 0.3 is 0 Å². The zero-order valence-corrected chi connectivity index (χ0v) is 26.0. The van der Waals surface area contributed by atoms with Crippen molar-refractivity contribution >= 4 is 35.0 Å². The van der Waals surface area contributed by atoms with Gasteiger partial charge in [-0.1, -0.05) is 44.1 Å². The van der Waals surface area contributed by atoms with Crippen LogP contribution in [0.15, 0.2) is 71.5 Å². The molecule has 3 heterocycles. The predicted octanol–water partition coefficient (Wildman–Crippen LogP) is 6.97. The third-order valence-electron chi connectivity index (χ3n) is 8.21. The maximum absolute atomic E-state index is 13.1. The van der Waals surface area contributed by atoms with Gasteiger partial charge in [-0.05, 0) is 68.0 Å². The van der Waals surface area contributed by atoms with Gasteiger partial charge in [-0.25, -0.2) is 14.6 Å². The molecule has 0 unspecified atom stereocenters. The molecule has 1 aliphatic carbocycles. The van der Waals surface area contributed by atoms with Crippen molar-refractivity contribution in [1.29, 1.82) is 0 Å². The van der Waals surface area contributed by atoms with Gasteiger partial charge in [0.25, 0.3) is 0 Å². The van der Waals surface area contributed by atoms with Gasteiger partial charge in [-0.15, -0.1) is 12.4 Å². The Labute approximate surface area is 262 Å². The first-order valence-corrected chi connectivity index (χ1v) is 14.7. The number of halogens is 1. The first-order chi connectivity index (χ1) is 20.7. The number of benzene rings is 2. The van der Waals surface area contributed by atoms with Gasteiger partial charge in [0.1, 0.15) is 46.8 Å². The highest BCUT2D eigenvalue weighted by Crippen LogP contribution is 2.39. The number of fused-ring (bicyclic) bond motifs is 1. The largest absolute Gasteiger partial charge is 0.457 e. The van der Waals surface area contributed by atoms with Crippen LogP contribution in [-0.2, 0) is 10.2 Å². The van der Waals surface area contributed by atoms with Gasteiger partial charge in [0.2, 0.25) is 0 Å². The van der Waals surface area contributed by atoms with Crippen LogP contribution in [0.5, 0.6) is 11.5 Å². The maximum atomic E-state index is 13.1. The second-order valence-corrected chi connectivity index (χ2v) is 12.4. The van der Waals surface area contributed by atoms with Gasteiger partial charge in [0.05, 0.1) is 11.4 Å². The molecule has 4 N–H and O–H groups in total. The number of para-hydroxylation sites is 1. The first-order valence-electron chi connectivity index (χ1n) is 14.7. The Morgan fingerprint density at radius 2 is 1.70 bits per heavy atom. The molecule has 1 fully saturated rings. The lowest BCUT2D eigenvalue weighted by Crippen LogP contribution is -2.26. The molecule has 6 rings (SSSR count). The predicted molar refractivity (Wildman–Crippen MR) is 172 cm³/mol. The second kappa shape index (κ2) is 12.8. The minimum absolute atomic E-state index is 0. The fourth-order valence-electron chi connectivity index (χ4n) is 5.72. The van der Waals surface area contributed by atoms with E-state index in [4.69, 9.17) is 25.8 Å². The molecule has 5 aromatic rings. The standard InChI is InChI=1S/C33H37N7O3.ClH/c1-33(2,3)27-18-25(39-43-27)29(34)26(41)17-20-9-13-22(14-10-20)40-32-28(31(35)36-19-37-32)30(38-40)21-11-15-24(16-12-21)42-23-7-5-4-6-8-23;/h4-8,11-12,15-16,18-20,22,29H,9-10,13-14,17,34H2,1-3H3,(H2,35,36,37);1H/t20?,22?,29-;/m0./s1. The third kappa shape index (κ3) is 6.46. The van der Waals surface area contributed by atoms with Crippen LogP contribution in [0.2, 0.25) is 0 Å². The highest BCUT2D eigenvalue weighted by atomic mass is 35.5. The molecule has 0 aliphatic heterocycles. The van der Waals surface area contributed by atoms with Crippen LogP contribution in [0, 0.1) is 5.92 Å². The molecule has 0 amide bonds. The summed E-state index contributed by atoms with van der Waals surface area (Å²) in [6.45, 7) is 6.10. The summed E-state index contributed by atoms with van der Waals surface area (Å²) in [7, 11) is 0. The maximum Gasteiger partial charge on any atom is 0.164 e. The minimum atomic E-state index is -0.778. The number of carbonyl (C=O) groups excluding carboxylic acids is 1. The van der Waals surface area contributed by atoms with Crippen LogP contribution < -0.4 is 16.2 Å². The van der Waals surface area contributed by atoms with Crippen LogP contribution in [0.4, 0.5) is 5.82 Å². The van der Waals surface area contributed by atoms with Gasteiger partial charge in [0, 0.05) is 23.5 Å². The van der Waals surface area contributed by atoms with Crippen LogP contribution in [0.25, 0.3) is 22.3 Å². The smallest absolute Gasteiger partial charge is 0.164 e. The molecule has 0 spiro atoms. The van der Waals surface area contributed by atoms with E-state index >= 15 is 0 Å². The van der Waals surface area contributed by atoms with E-state index in [1.165, 1.54) is 6.33 Å². The Hall–Kier alpha value is -4.28. The number of anilines is 1. The molecule has 0 bridgehead atoms. The molecule has 3 aromatic heterocycles. The van der Waals surface area contributed by atoms with Gasteiger partial charge in [-0.3, -0.25) is 4.79 Å². The van der Waals surface area contributed by atoms with Crippen LogP contribution in [0.3, 0.4) is 0 Å². The van der Waals surface area contributed by atoms with E-state index in [1.807, 2.05) is 80.1 Å². The molecule has 10 nitrogen and oxygen atoms in total. The highest BCUT2D eigenvalue weighted by molar-refractivity contribution is 5.98. The summed E-state index contributed by atoms with van der Waals surface area (Å²) in [6, 6.07) is 18.6. The van der Waals surface area contributed by atoms with E-state index in [1.54, 1.807) is 6.07 Å². The second-order valence-electron chi connectivity index (χ2n) is 12.4. The fraction of sp³-hybridized carbons (Fsp3) is 0.364. The summed E-state index contributed by atoms with van der Waals surface area (Å²) in [5.41, 5.74) is 15.3. The number of hydrogen-bond donors (Lipinski definition) is 2. The molecule has 0 radical (unpaired) electrons. The fourth-order valence-corrected chi connectivity index (χ4v) is 5.72. The average Bonchev–Trinajstić information content (AvgIpc) is 3.65. The Bertz CT molecular complexity index is 1720. The van der Waals surface area contributed by atoms with Gasteiger partial charge < -0.3 is 20.7 Å². The molecule has 2 aromatic carbocycles. The molecule has 1 atom stereocenters. The van der Waals surface area contributed by atoms with Crippen molar-refractivity contribution in [3.8, 4) is 22.8 Å². The number of nitrogens with two attached hydrogens (primary N) is 2. The monoisotopic (exact) mass is 615 g/mol. The lowest BCUT2D eigenvalue weighted by Gasteiger charge is -2.29. The van der Waals surface area contributed by atoms with Crippen molar-refractivity contribution in [1.82, 2.24) is 24.9 Å². The molecule has 230 valence electrons. The summed E-state index contributed by atoms with van der Waals surface area (Å²) in [6.07, 6.45) is 5.42. The molecule has 44 heavy (non-hydrogen) atoms. The molecular formula is C33H38ClN7O3. The number of ether oxygens (including phenoxy) is 1. The Morgan fingerprint density at radius 3 is 2.36 bits per heavy atom. The third-order valence-corrected chi connectivity index (χ3v) is 8.21. The number of ketones is 1. The van der Waals surface area contributed by atoms with Crippen LogP contribution in [-0.4, -0.2) is 30.7 Å².